The van der Waals surface area contributed by atoms with Crippen molar-refractivity contribution in [3.63, 3.8) is 0 Å². The zero-order valence-electron chi connectivity index (χ0n) is 16.1. The van der Waals surface area contributed by atoms with Gasteiger partial charge in [-0.05, 0) is 49.0 Å². The molecule has 0 aliphatic rings. The van der Waals surface area contributed by atoms with Gasteiger partial charge in [0, 0.05) is 30.2 Å². The van der Waals surface area contributed by atoms with Crippen LogP contribution in [0.15, 0.2) is 61.1 Å². The molecule has 0 aliphatic heterocycles. The van der Waals surface area contributed by atoms with Crippen LogP contribution in [-0.2, 0) is 6.54 Å². The van der Waals surface area contributed by atoms with Gasteiger partial charge in [0.2, 0.25) is 5.95 Å². The minimum Gasteiger partial charge on any atom is -0.324 e. The fourth-order valence-electron chi connectivity index (χ4n) is 3.13. The van der Waals surface area contributed by atoms with Gasteiger partial charge in [-0.1, -0.05) is 26.0 Å². The molecular weight excluding hydrogens is 350 g/mol. The Bertz CT molecular complexity index is 1050. The number of aromatic nitrogens is 5. The number of hydrogen-bond acceptors (Lipinski definition) is 6. The Morgan fingerprint density at radius 2 is 1.79 bits per heavy atom. The third-order valence-corrected chi connectivity index (χ3v) is 4.75. The molecule has 7 nitrogen and oxygen atoms in total. The second-order valence-corrected chi connectivity index (χ2v) is 6.51. The molecule has 0 bridgehead atoms. The highest BCUT2D eigenvalue weighted by atomic mass is 15.4. The quantitative estimate of drug-likeness (QED) is 0.532. The van der Waals surface area contributed by atoms with Crippen molar-refractivity contribution in [2.75, 3.05) is 18.4 Å². The monoisotopic (exact) mass is 373 g/mol. The van der Waals surface area contributed by atoms with E-state index < -0.39 is 0 Å². The third-order valence-electron chi connectivity index (χ3n) is 4.75. The lowest BCUT2D eigenvalue weighted by atomic mass is 10.2. The van der Waals surface area contributed by atoms with Crippen molar-refractivity contribution in [3.8, 4) is 11.3 Å². The van der Waals surface area contributed by atoms with E-state index in [9.17, 15) is 0 Å². The molecule has 0 unspecified atom stereocenters. The first-order chi connectivity index (χ1) is 13.8. The summed E-state index contributed by atoms with van der Waals surface area (Å²) in [4.78, 5) is 11.4. The van der Waals surface area contributed by atoms with Gasteiger partial charge >= 0.3 is 0 Å². The number of fused-ring (bicyclic) bond motifs is 1. The number of anilines is 2. The van der Waals surface area contributed by atoms with Crippen LogP contribution in [0.5, 0.6) is 0 Å². The molecule has 3 aromatic heterocycles. The van der Waals surface area contributed by atoms with E-state index in [0.29, 0.717) is 5.95 Å². The van der Waals surface area contributed by atoms with Gasteiger partial charge in [0.15, 0.2) is 0 Å². The summed E-state index contributed by atoms with van der Waals surface area (Å²) in [7, 11) is 0. The van der Waals surface area contributed by atoms with Gasteiger partial charge in [-0.15, -0.1) is 0 Å². The van der Waals surface area contributed by atoms with E-state index in [4.69, 9.17) is 0 Å². The van der Waals surface area contributed by atoms with Crippen molar-refractivity contribution in [1.82, 2.24) is 29.7 Å². The van der Waals surface area contributed by atoms with E-state index in [1.54, 1.807) is 23.2 Å². The average Bonchev–Trinajstić information content (AvgIpc) is 3.18. The summed E-state index contributed by atoms with van der Waals surface area (Å²) in [6.07, 6.45) is 5.23. The maximum absolute atomic E-state index is 4.65. The molecule has 0 radical (unpaired) electrons. The zero-order chi connectivity index (χ0) is 19.3. The summed E-state index contributed by atoms with van der Waals surface area (Å²) in [5.41, 5.74) is 4.89. The van der Waals surface area contributed by atoms with E-state index in [0.717, 1.165) is 42.1 Å². The van der Waals surface area contributed by atoms with Crippen LogP contribution in [0.4, 0.5) is 11.6 Å². The van der Waals surface area contributed by atoms with Crippen LogP contribution in [0.3, 0.4) is 0 Å². The summed E-state index contributed by atoms with van der Waals surface area (Å²) in [6.45, 7) is 7.43. The largest absolute Gasteiger partial charge is 0.324 e. The molecule has 7 heteroatoms. The summed E-state index contributed by atoms with van der Waals surface area (Å²) >= 11 is 0. The minimum absolute atomic E-state index is 0.553. The van der Waals surface area contributed by atoms with E-state index in [1.807, 2.05) is 18.2 Å². The molecule has 0 aliphatic carbocycles. The van der Waals surface area contributed by atoms with Gasteiger partial charge in [-0.25, -0.2) is 9.97 Å². The van der Waals surface area contributed by atoms with Crippen molar-refractivity contribution >= 4 is 17.2 Å². The molecule has 3 heterocycles. The predicted molar refractivity (Wildman–Crippen MR) is 110 cm³/mol. The summed E-state index contributed by atoms with van der Waals surface area (Å²) in [5.74, 6) is 0.553. The molecule has 142 valence electrons. The molecule has 1 N–H and O–H groups in total. The van der Waals surface area contributed by atoms with Gasteiger partial charge in [0.05, 0.1) is 17.4 Å². The van der Waals surface area contributed by atoms with Gasteiger partial charge in [-0.3, -0.25) is 4.90 Å². The summed E-state index contributed by atoms with van der Waals surface area (Å²) < 4.78 is 1.60. The molecule has 0 fully saturated rings. The van der Waals surface area contributed by atoms with Crippen molar-refractivity contribution in [1.29, 1.82) is 0 Å². The van der Waals surface area contributed by atoms with Crippen molar-refractivity contribution in [2.24, 2.45) is 0 Å². The molecule has 0 amide bonds. The maximum Gasteiger partial charge on any atom is 0.227 e. The third kappa shape index (κ3) is 3.84. The van der Waals surface area contributed by atoms with Crippen molar-refractivity contribution < 1.29 is 0 Å². The van der Waals surface area contributed by atoms with Crippen LogP contribution in [0.25, 0.3) is 16.8 Å². The highest BCUT2D eigenvalue weighted by molar-refractivity contribution is 5.77. The predicted octanol–water partition coefficient (Wildman–Crippen LogP) is 3.77. The van der Waals surface area contributed by atoms with Crippen LogP contribution >= 0.6 is 0 Å². The van der Waals surface area contributed by atoms with Gasteiger partial charge < -0.3 is 5.32 Å². The average molecular weight is 373 g/mol. The lowest BCUT2D eigenvalue weighted by molar-refractivity contribution is 0.296. The Kier molecular flexibility index (Phi) is 5.25. The Labute approximate surface area is 164 Å². The number of hydrogen-bond donors (Lipinski definition) is 1. The lowest BCUT2D eigenvalue weighted by Crippen LogP contribution is -2.21. The van der Waals surface area contributed by atoms with E-state index in [2.05, 4.69) is 68.5 Å². The molecular formula is C21H23N7. The van der Waals surface area contributed by atoms with E-state index >= 15 is 0 Å². The molecule has 4 rings (SSSR count). The van der Waals surface area contributed by atoms with Crippen molar-refractivity contribution in [2.45, 2.75) is 20.4 Å². The van der Waals surface area contributed by atoms with Gasteiger partial charge in [0.1, 0.15) is 0 Å². The van der Waals surface area contributed by atoms with Gasteiger partial charge in [0.25, 0.3) is 0 Å². The van der Waals surface area contributed by atoms with Crippen LogP contribution in [-0.4, -0.2) is 42.8 Å². The van der Waals surface area contributed by atoms with E-state index in [1.165, 1.54) is 5.56 Å². The fourth-order valence-corrected chi connectivity index (χ4v) is 3.13. The lowest BCUT2D eigenvalue weighted by Gasteiger charge is -2.18. The molecule has 0 saturated carbocycles. The standard InChI is InChI=1S/C21H23N7/c1-3-27(4-2)15-16-7-9-17(10-8-16)25-21-22-13-11-19(26-21)18-14-24-28-20(18)6-5-12-23-28/h5-14H,3-4,15H2,1-2H3,(H,22,25,26). The highest BCUT2D eigenvalue weighted by Crippen LogP contribution is 2.23. The number of nitrogens with one attached hydrogen (secondary N) is 1. The first-order valence-electron chi connectivity index (χ1n) is 9.47. The first-order valence-corrected chi connectivity index (χ1v) is 9.47. The topological polar surface area (TPSA) is 71.2 Å². The second kappa shape index (κ2) is 8.14. The van der Waals surface area contributed by atoms with Crippen LogP contribution < -0.4 is 5.32 Å². The maximum atomic E-state index is 4.65. The molecule has 1 aromatic carbocycles. The van der Waals surface area contributed by atoms with Crippen molar-refractivity contribution in [3.05, 3.63) is 66.6 Å². The number of benzene rings is 1. The Balaban J connectivity index is 1.52. The second-order valence-electron chi connectivity index (χ2n) is 6.51. The normalized spacial score (nSPS) is 11.2. The SMILES string of the molecule is CCN(CC)Cc1ccc(Nc2nccc(-c3cnn4ncccc34)n2)cc1. The number of rotatable bonds is 7. The van der Waals surface area contributed by atoms with Gasteiger partial charge in [-0.2, -0.15) is 14.8 Å². The highest BCUT2D eigenvalue weighted by Gasteiger charge is 2.09. The molecule has 0 atom stereocenters. The summed E-state index contributed by atoms with van der Waals surface area (Å²) in [5, 5.41) is 11.8. The Morgan fingerprint density at radius 1 is 0.964 bits per heavy atom. The zero-order valence-corrected chi connectivity index (χ0v) is 16.1. The van der Waals surface area contributed by atoms with E-state index in [-0.39, 0.29) is 0 Å². The fraction of sp³-hybridized carbons (Fsp3) is 0.238. The summed E-state index contributed by atoms with van der Waals surface area (Å²) in [6, 6.07) is 14.1. The molecule has 0 saturated heterocycles. The minimum atomic E-state index is 0.553. The Hall–Kier alpha value is -3.32. The molecule has 0 spiro atoms. The first kappa shape index (κ1) is 18.1. The van der Waals surface area contributed by atoms with Crippen LogP contribution in [0.1, 0.15) is 19.4 Å². The van der Waals surface area contributed by atoms with Crippen LogP contribution in [0, 0.1) is 0 Å². The molecule has 4 aromatic rings. The smallest absolute Gasteiger partial charge is 0.227 e. The Morgan fingerprint density at radius 3 is 2.57 bits per heavy atom. The van der Waals surface area contributed by atoms with Crippen LogP contribution in [0.2, 0.25) is 0 Å². The number of nitrogens with zero attached hydrogens (tertiary/aromatic N) is 6. The molecule has 28 heavy (non-hydrogen) atoms.